The first kappa shape index (κ1) is 17.7. The molecular formula is C24H31NO. The summed E-state index contributed by atoms with van der Waals surface area (Å²) in [6.07, 6.45) is 11.5. The van der Waals surface area contributed by atoms with Crippen LogP contribution >= 0.6 is 0 Å². The van der Waals surface area contributed by atoms with Crippen LogP contribution in [0.3, 0.4) is 0 Å². The van der Waals surface area contributed by atoms with Gasteiger partial charge in [0.25, 0.3) is 0 Å². The number of hydrogen-bond donors (Lipinski definition) is 1. The molecule has 1 aromatic heterocycles. The van der Waals surface area contributed by atoms with Crippen LogP contribution in [-0.4, -0.2) is 16.7 Å². The summed E-state index contributed by atoms with van der Waals surface area (Å²) < 4.78 is 0. The van der Waals surface area contributed by atoms with E-state index in [0.717, 1.165) is 25.2 Å². The lowest BCUT2D eigenvalue weighted by atomic mass is 9.79. The molecule has 2 aliphatic rings. The van der Waals surface area contributed by atoms with E-state index in [9.17, 15) is 5.11 Å². The Kier molecular flexibility index (Phi) is 5.13. The van der Waals surface area contributed by atoms with Crippen LogP contribution < -0.4 is 0 Å². The van der Waals surface area contributed by atoms with Crippen LogP contribution in [-0.2, 0) is 19.3 Å². The predicted molar refractivity (Wildman–Crippen MR) is 106 cm³/mol. The van der Waals surface area contributed by atoms with Gasteiger partial charge in [-0.25, -0.2) is 0 Å². The van der Waals surface area contributed by atoms with Crippen LogP contribution in [0.25, 0.3) is 0 Å². The molecule has 26 heavy (non-hydrogen) atoms. The van der Waals surface area contributed by atoms with E-state index >= 15 is 0 Å². The average Bonchev–Trinajstić information content (AvgIpc) is 3.09. The lowest BCUT2D eigenvalue weighted by Gasteiger charge is -2.26. The van der Waals surface area contributed by atoms with Gasteiger partial charge in [0.2, 0.25) is 0 Å². The second-order valence-electron chi connectivity index (χ2n) is 8.91. The van der Waals surface area contributed by atoms with Crippen molar-refractivity contribution in [3.05, 3.63) is 65.0 Å². The highest BCUT2D eigenvalue weighted by atomic mass is 16.3. The Bertz CT molecular complexity index is 741. The number of aliphatic hydroxyl groups is 1. The van der Waals surface area contributed by atoms with Gasteiger partial charge in [0.1, 0.15) is 0 Å². The van der Waals surface area contributed by atoms with Crippen LogP contribution in [0.2, 0.25) is 0 Å². The Labute approximate surface area is 157 Å². The van der Waals surface area contributed by atoms with Crippen molar-refractivity contribution in [1.82, 2.24) is 4.98 Å². The third kappa shape index (κ3) is 3.86. The van der Waals surface area contributed by atoms with Crippen LogP contribution in [0.15, 0.2) is 42.6 Å². The van der Waals surface area contributed by atoms with Gasteiger partial charge < -0.3 is 5.11 Å². The molecule has 0 unspecified atom stereocenters. The molecule has 2 aromatic rings. The van der Waals surface area contributed by atoms with E-state index in [0.29, 0.717) is 12.5 Å². The van der Waals surface area contributed by atoms with E-state index in [1.54, 1.807) is 11.1 Å². The molecule has 0 bridgehead atoms. The van der Waals surface area contributed by atoms with Crippen LogP contribution in [0, 0.1) is 11.3 Å². The Hall–Kier alpha value is -1.67. The highest BCUT2D eigenvalue weighted by molar-refractivity contribution is 5.36. The van der Waals surface area contributed by atoms with Gasteiger partial charge in [-0.15, -0.1) is 0 Å². The standard InChI is InChI=1S/C24H31NO/c1-24(17-26)12-11-22(16-24)21-9-8-19-14-18(5-7-20(19)15-21)6-10-23-4-2-3-13-25-23/h2-4,8-9,13,15,18,22,26H,5-7,10-12,14,16-17H2,1H3/t18-,22+,24+/m1/s1. The maximum absolute atomic E-state index is 9.64. The Morgan fingerprint density at radius 1 is 1.15 bits per heavy atom. The minimum absolute atomic E-state index is 0.136. The highest BCUT2D eigenvalue weighted by Gasteiger charge is 2.35. The zero-order chi connectivity index (χ0) is 18.0. The second-order valence-corrected chi connectivity index (χ2v) is 8.91. The number of pyridine rings is 1. The minimum Gasteiger partial charge on any atom is -0.396 e. The van der Waals surface area contributed by atoms with E-state index < -0.39 is 0 Å². The topological polar surface area (TPSA) is 33.1 Å². The van der Waals surface area contributed by atoms with Gasteiger partial charge in [-0.05, 0) is 97.4 Å². The molecule has 4 rings (SSSR count). The molecule has 0 saturated heterocycles. The Balaban J connectivity index is 1.38. The summed E-state index contributed by atoms with van der Waals surface area (Å²) in [5.41, 5.74) is 6.01. The van der Waals surface area contributed by atoms with Crippen LogP contribution in [0.5, 0.6) is 0 Å². The molecule has 1 N–H and O–H groups in total. The van der Waals surface area contributed by atoms with Gasteiger partial charge in [0, 0.05) is 18.5 Å². The molecule has 1 fully saturated rings. The van der Waals surface area contributed by atoms with Crippen molar-refractivity contribution < 1.29 is 5.11 Å². The number of rotatable bonds is 5. The van der Waals surface area contributed by atoms with Gasteiger partial charge in [0.15, 0.2) is 0 Å². The molecule has 0 aliphatic heterocycles. The maximum atomic E-state index is 9.64. The number of aliphatic hydroxyl groups excluding tert-OH is 1. The van der Waals surface area contributed by atoms with Gasteiger partial charge >= 0.3 is 0 Å². The monoisotopic (exact) mass is 349 g/mol. The summed E-state index contributed by atoms with van der Waals surface area (Å²) in [6.45, 7) is 2.56. The van der Waals surface area contributed by atoms with E-state index in [-0.39, 0.29) is 5.41 Å². The average molecular weight is 350 g/mol. The van der Waals surface area contributed by atoms with E-state index in [1.165, 1.54) is 43.4 Å². The molecule has 0 spiro atoms. The highest BCUT2D eigenvalue weighted by Crippen LogP contribution is 2.46. The number of nitrogens with zero attached hydrogens (tertiary/aromatic N) is 1. The number of benzene rings is 1. The molecule has 1 saturated carbocycles. The van der Waals surface area contributed by atoms with Crippen LogP contribution in [0.1, 0.15) is 67.3 Å². The smallest absolute Gasteiger partial charge is 0.0484 e. The molecule has 2 aliphatic carbocycles. The number of fused-ring (bicyclic) bond motifs is 1. The summed E-state index contributed by atoms with van der Waals surface area (Å²) >= 11 is 0. The Morgan fingerprint density at radius 3 is 2.85 bits per heavy atom. The zero-order valence-electron chi connectivity index (χ0n) is 16.0. The fourth-order valence-corrected chi connectivity index (χ4v) is 5.00. The lowest BCUT2D eigenvalue weighted by Crippen LogP contribution is -2.17. The van der Waals surface area contributed by atoms with Gasteiger partial charge in [-0.2, -0.15) is 0 Å². The van der Waals surface area contributed by atoms with Gasteiger partial charge in [0.05, 0.1) is 0 Å². The fourth-order valence-electron chi connectivity index (χ4n) is 5.00. The first-order valence-corrected chi connectivity index (χ1v) is 10.3. The van der Waals surface area contributed by atoms with Crippen molar-refractivity contribution in [3.8, 4) is 0 Å². The molecule has 3 atom stereocenters. The second kappa shape index (κ2) is 7.52. The quantitative estimate of drug-likeness (QED) is 0.816. The fraction of sp³-hybridized carbons (Fsp3) is 0.542. The van der Waals surface area contributed by atoms with Crippen molar-refractivity contribution >= 4 is 0 Å². The summed E-state index contributed by atoms with van der Waals surface area (Å²) in [7, 11) is 0. The van der Waals surface area contributed by atoms with Gasteiger partial charge in [-0.1, -0.05) is 31.2 Å². The van der Waals surface area contributed by atoms with E-state index in [4.69, 9.17) is 0 Å². The molecule has 2 heteroatoms. The van der Waals surface area contributed by atoms with Gasteiger partial charge in [-0.3, -0.25) is 4.98 Å². The van der Waals surface area contributed by atoms with Crippen molar-refractivity contribution in [2.45, 2.75) is 64.2 Å². The first-order valence-electron chi connectivity index (χ1n) is 10.3. The third-order valence-electron chi connectivity index (χ3n) is 6.78. The molecule has 0 radical (unpaired) electrons. The number of aryl methyl sites for hydroxylation is 2. The molecule has 1 heterocycles. The summed E-state index contributed by atoms with van der Waals surface area (Å²) in [6, 6.07) is 13.5. The van der Waals surface area contributed by atoms with Crippen molar-refractivity contribution in [1.29, 1.82) is 0 Å². The first-order chi connectivity index (χ1) is 12.6. The normalized spacial score (nSPS) is 28.1. The lowest BCUT2D eigenvalue weighted by molar-refractivity contribution is 0.147. The van der Waals surface area contributed by atoms with Crippen molar-refractivity contribution in [2.24, 2.45) is 11.3 Å². The molecule has 1 aromatic carbocycles. The summed E-state index contributed by atoms with van der Waals surface area (Å²) in [5.74, 6) is 1.43. The minimum atomic E-state index is 0.136. The van der Waals surface area contributed by atoms with Crippen molar-refractivity contribution in [2.75, 3.05) is 6.61 Å². The van der Waals surface area contributed by atoms with Crippen molar-refractivity contribution in [3.63, 3.8) is 0 Å². The third-order valence-corrected chi connectivity index (χ3v) is 6.78. The molecule has 138 valence electrons. The summed E-state index contributed by atoms with van der Waals surface area (Å²) in [5, 5.41) is 9.64. The SMILES string of the molecule is C[C@]1(CO)CC[C@H](c2ccc3c(c2)CC[C@H](CCc2ccccn2)C3)C1. The summed E-state index contributed by atoms with van der Waals surface area (Å²) in [4.78, 5) is 4.46. The van der Waals surface area contributed by atoms with Crippen LogP contribution in [0.4, 0.5) is 0 Å². The number of hydrogen-bond acceptors (Lipinski definition) is 2. The molecule has 2 nitrogen and oxygen atoms in total. The maximum Gasteiger partial charge on any atom is 0.0484 e. The molecule has 0 amide bonds. The van der Waals surface area contributed by atoms with E-state index in [1.807, 2.05) is 12.3 Å². The predicted octanol–water partition coefficient (Wildman–Crippen LogP) is 5.09. The Morgan fingerprint density at radius 2 is 2.08 bits per heavy atom. The van der Waals surface area contributed by atoms with E-state index in [2.05, 4.69) is 42.2 Å². The largest absolute Gasteiger partial charge is 0.396 e. The molecular weight excluding hydrogens is 318 g/mol. The zero-order valence-corrected chi connectivity index (χ0v) is 16.0. The number of aromatic nitrogens is 1.